The van der Waals surface area contributed by atoms with Crippen LogP contribution in [0.3, 0.4) is 0 Å². The third-order valence-corrected chi connectivity index (χ3v) is 4.06. The second-order valence-electron chi connectivity index (χ2n) is 4.00. The highest BCUT2D eigenvalue weighted by Crippen LogP contribution is 2.23. The predicted molar refractivity (Wildman–Crippen MR) is 88.1 cm³/mol. The summed E-state index contributed by atoms with van der Waals surface area (Å²) in [7, 11) is 0. The summed E-state index contributed by atoms with van der Waals surface area (Å²) in [6.45, 7) is 0. The molecule has 7 heteroatoms. The molecule has 108 valence electrons. The Labute approximate surface area is 138 Å². The van der Waals surface area contributed by atoms with Gasteiger partial charge in [0.2, 0.25) is 5.91 Å². The molecule has 0 fully saturated rings. The summed E-state index contributed by atoms with van der Waals surface area (Å²) < 4.78 is 1.22. The average Bonchev–Trinajstić information content (AvgIpc) is 2.81. The third-order valence-electron chi connectivity index (χ3n) is 2.41. The van der Waals surface area contributed by atoms with Crippen molar-refractivity contribution in [3.63, 3.8) is 0 Å². The van der Waals surface area contributed by atoms with Crippen LogP contribution in [0.4, 0.5) is 5.69 Å². The molecule has 0 aliphatic heterocycles. The molecule has 2 rings (SSSR count). The van der Waals surface area contributed by atoms with Crippen molar-refractivity contribution < 1.29 is 14.7 Å². The number of nitrogens with one attached hydrogen (secondary N) is 1. The second kappa shape index (κ2) is 6.89. The molecule has 1 heterocycles. The van der Waals surface area contributed by atoms with Gasteiger partial charge < -0.3 is 10.4 Å². The Morgan fingerprint density at radius 2 is 2.05 bits per heavy atom. The Bertz CT molecular complexity index is 727. The zero-order chi connectivity index (χ0) is 15.4. The van der Waals surface area contributed by atoms with Crippen molar-refractivity contribution in [1.29, 1.82) is 0 Å². The molecule has 0 aliphatic carbocycles. The van der Waals surface area contributed by atoms with Crippen molar-refractivity contribution in [2.45, 2.75) is 0 Å². The molecule has 1 amide bonds. The molecule has 0 bridgehead atoms. The van der Waals surface area contributed by atoms with Crippen LogP contribution in [0.5, 0.6) is 0 Å². The van der Waals surface area contributed by atoms with Gasteiger partial charge in [0.05, 0.1) is 9.90 Å². The predicted octanol–water partition coefficient (Wildman–Crippen LogP) is 4.51. The number of amides is 1. The minimum absolute atomic E-state index is 0.0914. The number of halogens is 2. The fourth-order valence-electron chi connectivity index (χ4n) is 1.54. The van der Waals surface area contributed by atoms with Crippen LogP contribution in [0, 0.1) is 0 Å². The first-order chi connectivity index (χ1) is 9.94. The van der Waals surface area contributed by atoms with Crippen LogP contribution in [-0.2, 0) is 4.79 Å². The molecule has 0 radical (unpaired) electrons. The molecule has 1 aromatic carbocycles. The van der Waals surface area contributed by atoms with Crippen molar-refractivity contribution >= 4 is 62.5 Å². The summed E-state index contributed by atoms with van der Waals surface area (Å²) in [5, 5.41) is 11.6. The lowest BCUT2D eigenvalue weighted by molar-refractivity contribution is -0.111. The largest absolute Gasteiger partial charge is 0.478 e. The van der Waals surface area contributed by atoms with E-state index in [0.717, 1.165) is 4.88 Å². The number of rotatable bonds is 4. The van der Waals surface area contributed by atoms with E-state index in [0.29, 0.717) is 14.5 Å². The lowest BCUT2D eigenvalue weighted by atomic mass is 10.2. The molecule has 2 aromatic rings. The van der Waals surface area contributed by atoms with Crippen molar-refractivity contribution in [2.75, 3.05) is 5.32 Å². The van der Waals surface area contributed by atoms with Crippen molar-refractivity contribution in [2.24, 2.45) is 0 Å². The SMILES string of the molecule is O=C(/C=C/c1ccc(Cl)s1)Nc1cc(Br)cc(C(=O)O)c1. The Morgan fingerprint density at radius 1 is 1.29 bits per heavy atom. The van der Waals surface area contributed by atoms with Crippen molar-refractivity contribution in [1.82, 2.24) is 0 Å². The minimum Gasteiger partial charge on any atom is -0.478 e. The number of hydrogen-bond donors (Lipinski definition) is 2. The van der Waals surface area contributed by atoms with Gasteiger partial charge in [-0.3, -0.25) is 4.79 Å². The Kier molecular flexibility index (Phi) is 5.17. The number of thiophene rings is 1. The number of carbonyl (C=O) groups excluding carboxylic acids is 1. The summed E-state index contributed by atoms with van der Waals surface area (Å²) in [5.41, 5.74) is 0.495. The van der Waals surface area contributed by atoms with Gasteiger partial charge in [-0.2, -0.15) is 0 Å². The van der Waals surface area contributed by atoms with Crippen LogP contribution >= 0.6 is 38.9 Å². The zero-order valence-corrected chi connectivity index (χ0v) is 13.6. The van der Waals surface area contributed by atoms with Crippen LogP contribution in [0.2, 0.25) is 4.34 Å². The minimum atomic E-state index is -1.06. The molecule has 1 aromatic heterocycles. The Hall–Kier alpha value is -1.63. The lowest BCUT2D eigenvalue weighted by Gasteiger charge is -2.04. The molecule has 0 unspecified atom stereocenters. The molecule has 0 saturated heterocycles. The smallest absolute Gasteiger partial charge is 0.335 e. The number of aromatic carboxylic acids is 1. The maximum Gasteiger partial charge on any atom is 0.335 e. The van der Waals surface area contributed by atoms with Gasteiger partial charge in [-0.1, -0.05) is 27.5 Å². The van der Waals surface area contributed by atoms with Gasteiger partial charge in [0.1, 0.15) is 0 Å². The lowest BCUT2D eigenvalue weighted by Crippen LogP contribution is -2.08. The number of carboxylic acids is 1. The van der Waals surface area contributed by atoms with E-state index < -0.39 is 5.97 Å². The summed E-state index contributed by atoms with van der Waals surface area (Å²) >= 11 is 10.4. The van der Waals surface area contributed by atoms with E-state index in [1.54, 1.807) is 24.3 Å². The first-order valence-corrected chi connectivity index (χ1v) is 7.71. The Morgan fingerprint density at radius 3 is 2.67 bits per heavy atom. The van der Waals surface area contributed by atoms with Gasteiger partial charge in [0.15, 0.2) is 0 Å². The molecule has 0 aliphatic rings. The number of hydrogen-bond acceptors (Lipinski definition) is 3. The summed E-state index contributed by atoms with van der Waals surface area (Å²) in [6.07, 6.45) is 3.01. The topological polar surface area (TPSA) is 66.4 Å². The third kappa shape index (κ3) is 4.70. The average molecular weight is 387 g/mol. The van der Waals surface area contributed by atoms with Gasteiger partial charge in [0, 0.05) is 21.1 Å². The molecule has 0 spiro atoms. The van der Waals surface area contributed by atoms with E-state index in [4.69, 9.17) is 16.7 Å². The van der Waals surface area contributed by atoms with E-state index in [1.165, 1.54) is 29.5 Å². The van der Waals surface area contributed by atoms with E-state index >= 15 is 0 Å². The van der Waals surface area contributed by atoms with Gasteiger partial charge >= 0.3 is 5.97 Å². The maximum absolute atomic E-state index is 11.8. The molecule has 0 saturated carbocycles. The standard InChI is InChI=1S/C14H9BrClNO3S/c15-9-5-8(14(19)20)6-10(7-9)17-13(18)4-2-11-1-3-12(16)21-11/h1-7H,(H,17,18)(H,19,20)/b4-2+. The summed E-state index contributed by atoms with van der Waals surface area (Å²) in [4.78, 5) is 23.6. The van der Waals surface area contributed by atoms with Gasteiger partial charge in [-0.25, -0.2) is 4.79 Å². The second-order valence-corrected chi connectivity index (χ2v) is 6.66. The Balaban J connectivity index is 2.09. The highest BCUT2D eigenvalue weighted by atomic mass is 79.9. The zero-order valence-electron chi connectivity index (χ0n) is 10.5. The number of carboxylic acid groups (broad SMARTS) is 1. The monoisotopic (exact) mass is 385 g/mol. The quantitative estimate of drug-likeness (QED) is 0.760. The normalized spacial score (nSPS) is 10.8. The molecule has 2 N–H and O–H groups in total. The van der Waals surface area contributed by atoms with Crippen LogP contribution in [-0.4, -0.2) is 17.0 Å². The molecular weight excluding hydrogens is 378 g/mol. The van der Waals surface area contributed by atoms with Gasteiger partial charge in [-0.15, -0.1) is 11.3 Å². The van der Waals surface area contributed by atoms with Crippen LogP contribution in [0.1, 0.15) is 15.2 Å². The van der Waals surface area contributed by atoms with Crippen LogP contribution < -0.4 is 5.32 Å². The fourth-order valence-corrected chi connectivity index (χ4v) is 3.00. The molecular formula is C14H9BrClNO3S. The van der Waals surface area contributed by atoms with Crippen molar-refractivity contribution in [3.8, 4) is 0 Å². The van der Waals surface area contributed by atoms with E-state index in [2.05, 4.69) is 21.2 Å². The molecule has 21 heavy (non-hydrogen) atoms. The molecule has 4 nitrogen and oxygen atoms in total. The van der Waals surface area contributed by atoms with E-state index in [1.807, 2.05) is 0 Å². The van der Waals surface area contributed by atoms with E-state index in [9.17, 15) is 9.59 Å². The summed E-state index contributed by atoms with van der Waals surface area (Å²) in [6, 6.07) is 8.03. The first kappa shape index (κ1) is 15.8. The van der Waals surface area contributed by atoms with Crippen molar-refractivity contribution in [3.05, 3.63) is 55.7 Å². The van der Waals surface area contributed by atoms with E-state index in [-0.39, 0.29) is 11.5 Å². The number of anilines is 1. The van der Waals surface area contributed by atoms with Crippen LogP contribution in [0.25, 0.3) is 6.08 Å². The fraction of sp³-hybridized carbons (Fsp3) is 0. The van der Waals surface area contributed by atoms with Gasteiger partial charge in [-0.05, 0) is 36.4 Å². The van der Waals surface area contributed by atoms with Gasteiger partial charge in [0.25, 0.3) is 0 Å². The molecule has 0 atom stereocenters. The number of benzene rings is 1. The maximum atomic E-state index is 11.8. The highest BCUT2D eigenvalue weighted by Gasteiger charge is 2.07. The number of carbonyl (C=O) groups is 2. The van der Waals surface area contributed by atoms with Crippen LogP contribution in [0.15, 0.2) is 40.9 Å². The first-order valence-electron chi connectivity index (χ1n) is 5.72. The highest BCUT2D eigenvalue weighted by molar-refractivity contribution is 9.10. The summed E-state index contributed by atoms with van der Waals surface area (Å²) in [5.74, 6) is -1.41.